The molecular weight excluding hydrogens is 136 g/mol. The monoisotopic (exact) mass is 150 g/mol. The van der Waals surface area contributed by atoms with Gasteiger partial charge in [0.1, 0.15) is 0 Å². The number of hydrogen-bond acceptors (Lipinski definition) is 2. The van der Waals surface area contributed by atoms with Gasteiger partial charge >= 0.3 is 0 Å². The maximum absolute atomic E-state index is 8.33. The Morgan fingerprint density at radius 1 is 1.55 bits per heavy atom. The second kappa shape index (κ2) is 4.92. The highest BCUT2D eigenvalue weighted by atomic mass is 14.9. The van der Waals surface area contributed by atoms with Gasteiger partial charge in [0.15, 0.2) is 0 Å². The fraction of sp³-hybridized carbons (Fsp3) is 0.667. The second-order valence-corrected chi connectivity index (χ2v) is 2.86. The number of rotatable bonds is 2. The van der Waals surface area contributed by atoms with Crippen molar-refractivity contribution in [1.29, 1.82) is 5.26 Å². The Bertz CT molecular complexity index is 167. The van der Waals surface area contributed by atoms with Crippen LogP contribution in [0.3, 0.4) is 0 Å². The van der Waals surface area contributed by atoms with Gasteiger partial charge in [0.05, 0.1) is 12.6 Å². The fourth-order valence-electron chi connectivity index (χ4n) is 1.33. The van der Waals surface area contributed by atoms with Gasteiger partial charge in [-0.25, -0.2) is 0 Å². The van der Waals surface area contributed by atoms with Crippen LogP contribution < -0.4 is 5.32 Å². The van der Waals surface area contributed by atoms with Crippen LogP contribution in [0.25, 0.3) is 0 Å². The Kier molecular flexibility index (Phi) is 3.71. The number of allylic oxidation sites excluding steroid dienone is 1. The van der Waals surface area contributed by atoms with Crippen molar-refractivity contribution in [1.82, 2.24) is 5.32 Å². The zero-order chi connectivity index (χ0) is 7.94. The molecule has 0 aromatic carbocycles. The summed E-state index contributed by atoms with van der Waals surface area (Å²) in [7, 11) is 0. The summed E-state index contributed by atoms with van der Waals surface area (Å²) in [6.07, 6.45) is 9.34. The minimum absolute atomic E-state index is 0.442. The van der Waals surface area contributed by atoms with Crippen molar-refractivity contribution in [2.24, 2.45) is 0 Å². The summed E-state index contributed by atoms with van der Waals surface area (Å²) in [6, 6.07) is 2.53. The lowest BCUT2D eigenvalue weighted by atomic mass is 10.1. The maximum atomic E-state index is 8.33. The van der Waals surface area contributed by atoms with E-state index in [4.69, 9.17) is 5.26 Å². The third-order valence-electron chi connectivity index (χ3n) is 1.95. The van der Waals surface area contributed by atoms with Crippen molar-refractivity contribution in [2.75, 3.05) is 6.54 Å². The van der Waals surface area contributed by atoms with E-state index >= 15 is 0 Å². The summed E-state index contributed by atoms with van der Waals surface area (Å²) >= 11 is 0. The molecule has 60 valence electrons. The molecule has 0 saturated heterocycles. The van der Waals surface area contributed by atoms with Crippen molar-refractivity contribution in [3.05, 3.63) is 12.2 Å². The summed E-state index contributed by atoms with van der Waals surface area (Å²) < 4.78 is 0. The smallest absolute Gasteiger partial charge is 0.0845 e. The molecule has 0 fully saturated rings. The molecule has 0 aromatic heterocycles. The van der Waals surface area contributed by atoms with Crippen LogP contribution >= 0.6 is 0 Å². The van der Waals surface area contributed by atoms with Gasteiger partial charge < -0.3 is 0 Å². The maximum Gasteiger partial charge on any atom is 0.0845 e. The highest BCUT2D eigenvalue weighted by Gasteiger charge is 2.04. The molecule has 1 atom stereocenters. The molecule has 1 N–H and O–H groups in total. The van der Waals surface area contributed by atoms with Gasteiger partial charge in [-0.2, -0.15) is 5.26 Å². The first-order chi connectivity index (χ1) is 5.43. The minimum Gasteiger partial charge on any atom is -0.298 e. The van der Waals surface area contributed by atoms with Gasteiger partial charge in [-0.15, -0.1) is 0 Å². The Balaban J connectivity index is 2.26. The highest BCUT2D eigenvalue weighted by Crippen LogP contribution is 2.10. The molecule has 1 aliphatic carbocycles. The topological polar surface area (TPSA) is 35.8 Å². The van der Waals surface area contributed by atoms with Crippen LogP contribution in [0, 0.1) is 11.3 Å². The zero-order valence-corrected chi connectivity index (χ0v) is 6.71. The molecule has 0 heterocycles. The van der Waals surface area contributed by atoms with Gasteiger partial charge in [-0.1, -0.05) is 18.6 Å². The van der Waals surface area contributed by atoms with Gasteiger partial charge in [0.25, 0.3) is 0 Å². The average molecular weight is 150 g/mol. The molecule has 2 heteroatoms. The molecule has 0 aromatic rings. The number of hydrogen-bond donors (Lipinski definition) is 1. The van der Waals surface area contributed by atoms with Gasteiger partial charge in [-0.05, 0) is 19.3 Å². The standard InChI is InChI=1S/C9H14N2/c10-7-8-11-9-5-3-1-2-4-6-9/h3,5,9,11H,1-2,4,6,8H2. The predicted octanol–water partition coefficient (Wildman–Crippen LogP) is 1.60. The van der Waals surface area contributed by atoms with E-state index in [0.29, 0.717) is 12.6 Å². The summed E-state index contributed by atoms with van der Waals surface area (Å²) in [4.78, 5) is 0. The molecule has 0 spiro atoms. The van der Waals surface area contributed by atoms with Crippen LogP contribution in [0.4, 0.5) is 0 Å². The zero-order valence-electron chi connectivity index (χ0n) is 6.71. The van der Waals surface area contributed by atoms with Crippen molar-refractivity contribution in [2.45, 2.75) is 31.7 Å². The lowest BCUT2D eigenvalue weighted by Crippen LogP contribution is -2.26. The van der Waals surface area contributed by atoms with E-state index in [-0.39, 0.29) is 0 Å². The summed E-state index contributed by atoms with van der Waals surface area (Å²) in [5.74, 6) is 0. The molecule has 1 rings (SSSR count). The lowest BCUT2D eigenvalue weighted by Gasteiger charge is -2.09. The van der Waals surface area contributed by atoms with Gasteiger partial charge in [-0.3, -0.25) is 5.32 Å². The Morgan fingerprint density at radius 2 is 2.45 bits per heavy atom. The van der Waals surface area contributed by atoms with E-state index in [9.17, 15) is 0 Å². The number of nitrogens with one attached hydrogen (secondary N) is 1. The first-order valence-corrected chi connectivity index (χ1v) is 4.20. The van der Waals surface area contributed by atoms with Crippen LogP contribution in [-0.2, 0) is 0 Å². The molecule has 1 aliphatic rings. The minimum atomic E-state index is 0.442. The number of nitriles is 1. The fourth-order valence-corrected chi connectivity index (χ4v) is 1.33. The molecular formula is C9H14N2. The molecule has 11 heavy (non-hydrogen) atoms. The van der Waals surface area contributed by atoms with Crippen LogP contribution in [0.1, 0.15) is 25.7 Å². The molecule has 0 radical (unpaired) electrons. The Labute approximate surface area is 67.9 Å². The average Bonchev–Trinajstić information content (AvgIpc) is 2.28. The Morgan fingerprint density at radius 3 is 3.27 bits per heavy atom. The summed E-state index contributed by atoms with van der Waals surface area (Å²) in [6.45, 7) is 0.467. The first kappa shape index (κ1) is 8.29. The van der Waals surface area contributed by atoms with Crippen LogP contribution in [0.15, 0.2) is 12.2 Å². The van der Waals surface area contributed by atoms with E-state index in [1.165, 1.54) is 25.7 Å². The summed E-state index contributed by atoms with van der Waals surface area (Å²) in [5, 5.41) is 11.5. The predicted molar refractivity (Wildman–Crippen MR) is 45.0 cm³/mol. The van der Waals surface area contributed by atoms with E-state index in [2.05, 4.69) is 23.5 Å². The molecule has 2 nitrogen and oxygen atoms in total. The third-order valence-corrected chi connectivity index (χ3v) is 1.95. The normalized spacial score (nSPS) is 24.1. The molecule has 0 bridgehead atoms. The first-order valence-electron chi connectivity index (χ1n) is 4.20. The van der Waals surface area contributed by atoms with Crippen molar-refractivity contribution in [3.63, 3.8) is 0 Å². The third kappa shape index (κ3) is 3.20. The highest BCUT2D eigenvalue weighted by molar-refractivity contribution is 4.96. The molecule has 0 saturated carbocycles. The molecule has 1 unspecified atom stereocenters. The van der Waals surface area contributed by atoms with E-state index in [1.54, 1.807) is 0 Å². The van der Waals surface area contributed by atoms with Crippen LogP contribution in [0.5, 0.6) is 0 Å². The van der Waals surface area contributed by atoms with Crippen molar-refractivity contribution >= 4 is 0 Å². The largest absolute Gasteiger partial charge is 0.298 e. The lowest BCUT2D eigenvalue weighted by molar-refractivity contribution is 0.567. The van der Waals surface area contributed by atoms with E-state index < -0.39 is 0 Å². The van der Waals surface area contributed by atoms with Crippen LogP contribution in [0.2, 0.25) is 0 Å². The Hall–Kier alpha value is -0.810. The van der Waals surface area contributed by atoms with Gasteiger partial charge in [0.2, 0.25) is 0 Å². The second-order valence-electron chi connectivity index (χ2n) is 2.86. The van der Waals surface area contributed by atoms with E-state index in [0.717, 1.165) is 0 Å². The van der Waals surface area contributed by atoms with Gasteiger partial charge in [0, 0.05) is 6.04 Å². The quantitative estimate of drug-likeness (QED) is 0.479. The molecule has 0 amide bonds. The summed E-state index contributed by atoms with van der Waals surface area (Å²) in [5.41, 5.74) is 0. The molecule has 0 aliphatic heterocycles. The van der Waals surface area contributed by atoms with Crippen LogP contribution in [-0.4, -0.2) is 12.6 Å². The van der Waals surface area contributed by atoms with E-state index in [1.807, 2.05) is 0 Å². The SMILES string of the molecule is N#CCNC1C=CCCCC1. The van der Waals surface area contributed by atoms with Crippen molar-refractivity contribution < 1.29 is 0 Å². The number of nitrogens with zero attached hydrogens (tertiary/aromatic N) is 1. The van der Waals surface area contributed by atoms with Crippen molar-refractivity contribution in [3.8, 4) is 6.07 Å².